The summed E-state index contributed by atoms with van der Waals surface area (Å²) in [6.45, 7) is 0.618. The predicted molar refractivity (Wildman–Crippen MR) is 109 cm³/mol. The predicted octanol–water partition coefficient (Wildman–Crippen LogP) is 3.34. The van der Waals surface area contributed by atoms with Crippen molar-refractivity contribution < 1.29 is 24.5 Å². The minimum absolute atomic E-state index is 0.00815. The summed E-state index contributed by atoms with van der Waals surface area (Å²) in [7, 11) is 0. The maximum absolute atomic E-state index is 12.1. The normalized spacial score (nSPS) is 10.6. The largest absolute Gasteiger partial charge is 0.491 e. The van der Waals surface area contributed by atoms with Gasteiger partial charge < -0.3 is 19.7 Å². The zero-order valence-electron chi connectivity index (χ0n) is 16.3. The standard InChI is InChI=1S/C23H30O5/c24-15-17-27-22-11-7-19(8-12-22)3-1-5-21(26)6-2-4-20-9-13-23(14-10-20)28-18-16-25/h7-14,24-25H,1-6,15-18H2. The molecule has 5 nitrogen and oxygen atoms in total. The molecular weight excluding hydrogens is 356 g/mol. The van der Waals surface area contributed by atoms with Gasteiger partial charge in [-0.1, -0.05) is 24.3 Å². The Morgan fingerprint density at radius 1 is 0.679 bits per heavy atom. The minimum atomic E-state index is 0.00815. The van der Waals surface area contributed by atoms with Crippen molar-refractivity contribution in [2.24, 2.45) is 0 Å². The summed E-state index contributed by atoms with van der Waals surface area (Å²) >= 11 is 0. The highest BCUT2D eigenvalue weighted by molar-refractivity contribution is 5.78. The zero-order chi connectivity index (χ0) is 20.0. The number of hydrogen-bond donors (Lipinski definition) is 2. The van der Waals surface area contributed by atoms with Crippen molar-refractivity contribution in [3.63, 3.8) is 0 Å². The lowest BCUT2D eigenvalue weighted by atomic mass is 10.0. The Labute approximate surface area is 166 Å². The van der Waals surface area contributed by atoms with Crippen LogP contribution in [0.4, 0.5) is 0 Å². The highest BCUT2D eigenvalue weighted by atomic mass is 16.5. The van der Waals surface area contributed by atoms with E-state index in [1.165, 1.54) is 11.1 Å². The summed E-state index contributed by atoms with van der Waals surface area (Å²) in [6.07, 6.45) is 4.68. The molecule has 0 aliphatic heterocycles. The number of Topliss-reactive ketones (excluding diaryl/α,β-unsaturated/α-hetero) is 1. The highest BCUT2D eigenvalue weighted by Crippen LogP contribution is 2.16. The summed E-state index contributed by atoms with van der Waals surface area (Å²) in [5, 5.41) is 17.5. The molecule has 0 spiro atoms. The van der Waals surface area contributed by atoms with Crippen LogP contribution >= 0.6 is 0 Å². The Bertz CT molecular complexity index is 620. The summed E-state index contributed by atoms with van der Waals surface area (Å²) in [6, 6.07) is 15.6. The third-order valence-corrected chi connectivity index (χ3v) is 4.41. The molecule has 2 N–H and O–H groups in total. The van der Waals surface area contributed by atoms with Crippen LogP contribution in [0.2, 0.25) is 0 Å². The Morgan fingerprint density at radius 2 is 1.07 bits per heavy atom. The first-order valence-corrected chi connectivity index (χ1v) is 9.88. The summed E-state index contributed by atoms with van der Waals surface area (Å²) in [5.41, 5.74) is 2.38. The molecule has 152 valence electrons. The van der Waals surface area contributed by atoms with Crippen molar-refractivity contribution in [2.75, 3.05) is 26.4 Å². The molecule has 0 fully saturated rings. The van der Waals surface area contributed by atoms with E-state index < -0.39 is 0 Å². The van der Waals surface area contributed by atoms with E-state index >= 15 is 0 Å². The molecule has 0 unspecified atom stereocenters. The van der Waals surface area contributed by atoms with Crippen molar-refractivity contribution in [1.82, 2.24) is 0 Å². The summed E-state index contributed by atoms with van der Waals surface area (Å²) in [4.78, 5) is 12.1. The fourth-order valence-corrected chi connectivity index (χ4v) is 2.94. The van der Waals surface area contributed by atoms with Crippen molar-refractivity contribution in [2.45, 2.75) is 38.5 Å². The van der Waals surface area contributed by atoms with Crippen molar-refractivity contribution in [1.29, 1.82) is 0 Å². The van der Waals surface area contributed by atoms with E-state index in [9.17, 15) is 4.79 Å². The lowest BCUT2D eigenvalue weighted by molar-refractivity contribution is -0.119. The molecular formula is C23H30O5. The number of ketones is 1. The number of benzene rings is 2. The van der Waals surface area contributed by atoms with Crippen LogP contribution in [0.3, 0.4) is 0 Å². The van der Waals surface area contributed by atoms with Crippen LogP contribution in [-0.2, 0) is 17.6 Å². The molecule has 0 heterocycles. The Balaban J connectivity index is 1.59. The van der Waals surface area contributed by atoms with Gasteiger partial charge in [-0.15, -0.1) is 0 Å². The molecule has 0 amide bonds. The average molecular weight is 386 g/mol. The molecule has 0 saturated heterocycles. The average Bonchev–Trinajstić information content (AvgIpc) is 2.72. The quantitative estimate of drug-likeness (QED) is 0.521. The van der Waals surface area contributed by atoms with Crippen LogP contribution in [-0.4, -0.2) is 42.4 Å². The van der Waals surface area contributed by atoms with Gasteiger partial charge >= 0.3 is 0 Å². The van der Waals surface area contributed by atoms with Crippen molar-refractivity contribution in [3.8, 4) is 11.5 Å². The number of aryl methyl sites for hydroxylation is 2. The van der Waals surface area contributed by atoms with E-state index in [2.05, 4.69) is 0 Å². The molecule has 0 aliphatic carbocycles. The molecule has 0 radical (unpaired) electrons. The molecule has 2 rings (SSSR count). The van der Waals surface area contributed by atoms with E-state index in [-0.39, 0.29) is 13.2 Å². The maximum Gasteiger partial charge on any atom is 0.132 e. The second-order valence-electron chi connectivity index (χ2n) is 6.68. The van der Waals surface area contributed by atoms with E-state index in [4.69, 9.17) is 19.7 Å². The number of aliphatic hydroxyl groups is 2. The first-order valence-electron chi connectivity index (χ1n) is 9.88. The number of carbonyl (C=O) groups is 1. The van der Waals surface area contributed by atoms with Crippen molar-refractivity contribution in [3.05, 3.63) is 59.7 Å². The summed E-state index contributed by atoms with van der Waals surface area (Å²) in [5.74, 6) is 1.81. The molecule has 2 aromatic carbocycles. The van der Waals surface area contributed by atoms with Crippen LogP contribution in [0, 0.1) is 0 Å². The SMILES string of the molecule is O=C(CCCc1ccc(OCCO)cc1)CCCc1ccc(OCCO)cc1. The molecule has 0 aromatic heterocycles. The fourth-order valence-electron chi connectivity index (χ4n) is 2.94. The third kappa shape index (κ3) is 8.55. The van der Waals surface area contributed by atoms with Crippen LogP contribution in [0.25, 0.3) is 0 Å². The van der Waals surface area contributed by atoms with Crippen LogP contribution < -0.4 is 9.47 Å². The minimum Gasteiger partial charge on any atom is -0.491 e. The van der Waals surface area contributed by atoms with Crippen LogP contribution in [0.15, 0.2) is 48.5 Å². The van der Waals surface area contributed by atoms with Crippen LogP contribution in [0.1, 0.15) is 36.8 Å². The number of aliphatic hydroxyl groups excluding tert-OH is 2. The Kier molecular flexibility index (Phi) is 10.1. The molecule has 0 atom stereocenters. The zero-order valence-corrected chi connectivity index (χ0v) is 16.3. The molecule has 5 heteroatoms. The topological polar surface area (TPSA) is 76.0 Å². The second kappa shape index (κ2) is 12.9. The summed E-state index contributed by atoms with van der Waals surface area (Å²) < 4.78 is 10.7. The number of rotatable bonds is 14. The van der Waals surface area contributed by atoms with Gasteiger partial charge in [-0.2, -0.15) is 0 Å². The fraction of sp³-hybridized carbons (Fsp3) is 0.435. The lowest BCUT2D eigenvalue weighted by Crippen LogP contribution is -2.02. The molecule has 28 heavy (non-hydrogen) atoms. The Morgan fingerprint density at radius 3 is 1.43 bits per heavy atom. The van der Waals surface area contributed by atoms with Gasteiger partial charge in [0.1, 0.15) is 30.5 Å². The van der Waals surface area contributed by atoms with Gasteiger partial charge in [0, 0.05) is 12.8 Å². The first-order chi connectivity index (χ1) is 13.7. The highest BCUT2D eigenvalue weighted by Gasteiger charge is 2.04. The number of hydrogen-bond acceptors (Lipinski definition) is 5. The van der Waals surface area contributed by atoms with Crippen molar-refractivity contribution >= 4 is 5.78 Å². The lowest BCUT2D eigenvalue weighted by Gasteiger charge is -2.07. The van der Waals surface area contributed by atoms with Gasteiger partial charge in [0.25, 0.3) is 0 Å². The number of carbonyl (C=O) groups excluding carboxylic acids is 1. The van der Waals surface area contributed by atoms with E-state index in [1.807, 2.05) is 48.5 Å². The van der Waals surface area contributed by atoms with E-state index in [0.29, 0.717) is 31.8 Å². The molecule has 0 bridgehead atoms. The van der Waals surface area contributed by atoms with Gasteiger partial charge in [-0.25, -0.2) is 0 Å². The Hall–Kier alpha value is -2.37. The second-order valence-corrected chi connectivity index (χ2v) is 6.68. The van der Waals surface area contributed by atoms with Gasteiger partial charge in [-0.3, -0.25) is 4.79 Å². The van der Waals surface area contributed by atoms with Gasteiger partial charge in [0.2, 0.25) is 0 Å². The van der Waals surface area contributed by atoms with Crippen LogP contribution in [0.5, 0.6) is 11.5 Å². The first kappa shape index (κ1) is 21.9. The third-order valence-electron chi connectivity index (χ3n) is 4.41. The molecule has 0 aliphatic rings. The van der Waals surface area contributed by atoms with E-state index in [0.717, 1.165) is 37.2 Å². The number of ether oxygens (including phenoxy) is 2. The van der Waals surface area contributed by atoms with E-state index in [1.54, 1.807) is 0 Å². The van der Waals surface area contributed by atoms with Gasteiger partial charge in [0.05, 0.1) is 13.2 Å². The molecule has 2 aromatic rings. The molecule has 0 saturated carbocycles. The smallest absolute Gasteiger partial charge is 0.132 e. The van der Waals surface area contributed by atoms with Gasteiger partial charge in [-0.05, 0) is 61.1 Å². The van der Waals surface area contributed by atoms with Gasteiger partial charge in [0.15, 0.2) is 0 Å². The monoisotopic (exact) mass is 386 g/mol. The maximum atomic E-state index is 12.1.